The van der Waals surface area contributed by atoms with Gasteiger partial charge in [-0.3, -0.25) is 0 Å². The van der Waals surface area contributed by atoms with E-state index in [1.807, 2.05) is 22.7 Å². The lowest BCUT2D eigenvalue weighted by molar-refractivity contribution is 0.660. The third-order valence-corrected chi connectivity index (χ3v) is 16.1. The van der Waals surface area contributed by atoms with Crippen molar-refractivity contribution in [1.29, 1.82) is 0 Å². The Balaban J connectivity index is 0.981. The van der Waals surface area contributed by atoms with E-state index in [9.17, 15) is 0 Å². The van der Waals surface area contributed by atoms with E-state index in [2.05, 4.69) is 231 Å². The van der Waals surface area contributed by atoms with E-state index in [1.165, 1.54) is 107 Å². The summed E-state index contributed by atoms with van der Waals surface area (Å²) in [6.45, 7) is 4.73. The van der Waals surface area contributed by atoms with Crippen LogP contribution in [-0.2, 0) is 5.41 Å². The Kier molecular flexibility index (Phi) is 8.37. The molecule has 0 unspecified atom stereocenters. The lowest BCUT2D eigenvalue weighted by Crippen LogP contribution is -2.16. The summed E-state index contributed by atoms with van der Waals surface area (Å²) in [6, 6.07) is 79.2. The lowest BCUT2D eigenvalue weighted by atomic mass is 9.82. The lowest BCUT2D eigenvalue weighted by Gasteiger charge is -2.28. The minimum atomic E-state index is -0.107. The van der Waals surface area contributed by atoms with Crippen molar-refractivity contribution >= 4 is 90.9 Å². The molecule has 13 rings (SSSR count). The van der Waals surface area contributed by atoms with Gasteiger partial charge in [0.15, 0.2) is 0 Å². The summed E-state index contributed by atoms with van der Waals surface area (Å²) in [4.78, 5) is 2.43. The molecule has 302 valence electrons. The Labute approximate surface area is 380 Å². The van der Waals surface area contributed by atoms with Gasteiger partial charge in [0, 0.05) is 62.8 Å². The van der Waals surface area contributed by atoms with Gasteiger partial charge in [0.2, 0.25) is 0 Å². The van der Waals surface area contributed by atoms with E-state index < -0.39 is 0 Å². The summed E-state index contributed by atoms with van der Waals surface area (Å²) < 4.78 is 5.29. The Morgan fingerprint density at radius 2 is 0.828 bits per heavy atom. The van der Waals surface area contributed by atoms with E-state index in [4.69, 9.17) is 0 Å². The van der Waals surface area contributed by atoms with Crippen LogP contribution in [-0.4, -0.2) is 0 Å². The third kappa shape index (κ3) is 5.81. The minimum Gasteiger partial charge on any atom is -0.310 e. The van der Waals surface area contributed by atoms with E-state index >= 15 is 0 Å². The summed E-state index contributed by atoms with van der Waals surface area (Å²) >= 11 is 3.79. The molecule has 0 aliphatic heterocycles. The zero-order valence-corrected chi connectivity index (χ0v) is 37.1. The molecule has 0 N–H and O–H groups in total. The van der Waals surface area contributed by atoms with Gasteiger partial charge in [-0.1, -0.05) is 159 Å². The number of hydrogen-bond acceptors (Lipinski definition) is 3. The minimum absolute atomic E-state index is 0.107. The largest absolute Gasteiger partial charge is 0.310 e. The van der Waals surface area contributed by atoms with Crippen molar-refractivity contribution < 1.29 is 0 Å². The average molecular weight is 852 g/mol. The highest BCUT2D eigenvalue weighted by Crippen LogP contribution is 2.51. The smallest absolute Gasteiger partial charge is 0.0468 e. The fourth-order valence-electron chi connectivity index (χ4n) is 10.5. The van der Waals surface area contributed by atoms with Gasteiger partial charge in [0.1, 0.15) is 0 Å². The molecule has 0 saturated carbocycles. The van der Waals surface area contributed by atoms with Crippen LogP contribution in [0.3, 0.4) is 0 Å². The molecule has 0 bridgehead atoms. The SMILES string of the molecule is CC1(C)c2ccccc2-c2ccc(N(c3ccc(-c4cc(-c5cccc6c5sc5ccccc56)cc(-c5cccc6c5sc5ccccc56)c4)cc3)c3ccc4ccccc4c3)cc21. The second-order valence-electron chi connectivity index (χ2n) is 17.7. The second kappa shape index (κ2) is 14.4. The van der Waals surface area contributed by atoms with Gasteiger partial charge in [0.05, 0.1) is 0 Å². The molecule has 12 aromatic rings. The predicted molar refractivity (Wildman–Crippen MR) is 278 cm³/mol. The van der Waals surface area contributed by atoms with Gasteiger partial charge in [-0.15, -0.1) is 22.7 Å². The topological polar surface area (TPSA) is 3.24 Å². The first kappa shape index (κ1) is 37.3. The van der Waals surface area contributed by atoms with Crippen molar-refractivity contribution in [3.63, 3.8) is 0 Å². The highest BCUT2D eigenvalue weighted by atomic mass is 32.1. The maximum absolute atomic E-state index is 2.43. The Morgan fingerprint density at radius 1 is 0.328 bits per heavy atom. The number of benzene rings is 10. The average Bonchev–Trinajstić information content (AvgIpc) is 3.99. The van der Waals surface area contributed by atoms with Crippen LogP contribution in [0, 0.1) is 0 Å². The molecular weight excluding hydrogens is 811 g/mol. The Bertz CT molecular complexity index is 3700. The summed E-state index contributed by atoms with van der Waals surface area (Å²) in [7, 11) is 0. The molecule has 0 radical (unpaired) electrons. The second-order valence-corrected chi connectivity index (χ2v) is 19.8. The van der Waals surface area contributed by atoms with Gasteiger partial charge in [-0.25, -0.2) is 0 Å². The van der Waals surface area contributed by atoms with Gasteiger partial charge < -0.3 is 4.90 Å². The molecule has 10 aromatic carbocycles. The summed E-state index contributed by atoms with van der Waals surface area (Å²) in [6.07, 6.45) is 0. The van der Waals surface area contributed by atoms with Crippen LogP contribution in [0.1, 0.15) is 25.0 Å². The number of thiophene rings is 2. The molecule has 2 aromatic heterocycles. The van der Waals surface area contributed by atoms with Crippen LogP contribution in [0.5, 0.6) is 0 Å². The number of hydrogen-bond donors (Lipinski definition) is 0. The van der Waals surface area contributed by atoms with Crippen LogP contribution in [0.15, 0.2) is 212 Å². The fraction of sp³-hybridized carbons (Fsp3) is 0.0492. The first-order valence-corrected chi connectivity index (χ1v) is 23.7. The Hall–Kier alpha value is -7.30. The van der Waals surface area contributed by atoms with E-state index in [0.29, 0.717) is 0 Å². The first-order chi connectivity index (χ1) is 31.5. The van der Waals surface area contributed by atoms with Crippen molar-refractivity contribution in [1.82, 2.24) is 0 Å². The quantitative estimate of drug-likeness (QED) is 0.161. The van der Waals surface area contributed by atoms with Gasteiger partial charge in [0.25, 0.3) is 0 Å². The number of anilines is 3. The molecule has 0 fully saturated rings. The number of nitrogens with zero attached hydrogens (tertiary/aromatic N) is 1. The standard InChI is InChI=1S/C61H41NS2/c1-61(2)55-22-8-5-15-49(55)50-32-31-46(37-56(50)61)62(45-30-27-38-13-3-4-14-40(38)36-45)44-28-25-39(26-29-44)41-33-42(47-18-11-20-53-51-16-6-9-23-57(51)63-59(47)53)35-43(34-41)48-19-12-21-54-52-17-7-10-24-58(52)64-60(48)54/h3-37H,1-2H3. The molecule has 64 heavy (non-hydrogen) atoms. The van der Waals surface area contributed by atoms with Gasteiger partial charge in [-0.2, -0.15) is 0 Å². The van der Waals surface area contributed by atoms with E-state index in [-0.39, 0.29) is 5.41 Å². The van der Waals surface area contributed by atoms with Gasteiger partial charge in [-0.05, 0) is 133 Å². The monoisotopic (exact) mass is 851 g/mol. The first-order valence-electron chi connectivity index (χ1n) is 22.1. The van der Waals surface area contributed by atoms with E-state index in [1.54, 1.807) is 0 Å². The maximum Gasteiger partial charge on any atom is 0.0468 e. The molecule has 0 saturated heterocycles. The third-order valence-electron chi connectivity index (χ3n) is 13.6. The highest BCUT2D eigenvalue weighted by molar-refractivity contribution is 7.26. The molecule has 1 nitrogen and oxygen atoms in total. The summed E-state index contributed by atoms with van der Waals surface area (Å²) in [5.74, 6) is 0. The maximum atomic E-state index is 2.43. The molecule has 0 atom stereocenters. The molecule has 3 heteroatoms. The zero-order chi connectivity index (χ0) is 42.5. The van der Waals surface area contributed by atoms with Crippen LogP contribution < -0.4 is 4.90 Å². The Morgan fingerprint density at radius 3 is 1.52 bits per heavy atom. The fourth-order valence-corrected chi connectivity index (χ4v) is 12.9. The summed E-state index contributed by atoms with van der Waals surface area (Å²) in [5, 5.41) is 7.72. The van der Waals surface area contributed by atoms with Crippen molar-refractivity contribution in [3.05, 3.63) is 223 Å². The number of fused-ring (bicyclic) bond motifs is 10. The normalized spacial score (nSPS) is 13.0. The van der Waals surface area contributed by atoms with Crippen molar-refractivity contribution in [3.8, 4) is 44.5 Å². The molecule has 0 amide bonds. The molecule has 0 spiro atoms. The van der Waals surface area contributed by atoms with Crippen molar-refractivity contribution in [2.45, 2.75) is 19.3 Å². The molecule has 1 aliphatic rings. The van der Waals surface area contributed by atoms with Gasteiger partial charge >= 0.3 is 0 Å². The van der Waals surface area contributed by atoms with Crippen LogP contribution in [0.4, 0.5) is 17.1 Å². The van der Waals surface area contributed by atoms with Crippen LogP contribution in [0.25, 0.3) is 95.6 Å². The summed E-state index contributed by atoms with van der Waals surface area (Å²) in [5.41, 5.74) is 16.1. The van der Waals surface area contributed by atoms with Crippen LogP contribution in [0.2, 0.25) is 0 Å². The highest BCUT2D eigenvalue weighted by Gasteiger charge is 2.35. The number of rotatable bonds is 6. The predicted octanol–water partition coefficient (Wildman–Crippen LogP) is 18.4. The molecular formula is C61H41NS2. The van der Waals surface area contributed by atoms with E-state index in [0.717, 1.165) is 17.1 Å². The van der Waals surface area contributed by atoms with Crippen molar-refractivity contribution in [2.24, 2.45) is 0 Å². The molecule has 1 aliphatic carbocycles. The van der Waals surface area contributed by atoms with Crippen LogP contribution >= 0.6 is 22.7 Å². The molecule has 2 heterocycles. The zero-order valence-electron chi connectivity index (χ0n) is 35.5. The van der Waals surface area contributed by atoms with Crippen molar-refractivity contribution in [2.75, 3.05) is 4.90 Å².